The number of carbonyl (C=O) groups excluding carboxylic acids is 1. The molecule has 5 nitrogen and oxygen atoms in total. The zero-order chi connectivity index (χ0) is 14.7. The molecule has 5 heteroatoms. The number of hydrogen-bond acceptors (Lipinski definition) is 3. The molecule has 0 spiro atoms. The normalized spacial score (nSPS) is 10.1. The summed E-state index contributed by atoms with van der Waals surface area (Å²) in [5, 5.41) is 13.2. The molecule has 0 unspecified atom stereocenters. The van der Waals surface area contributed by atoms with Crippen molar-refractivity contribution in [3.63, 3.8) is 0 Å². The number of amides is 1. The number of aromatic nitrogens is 2. The molecule has 2 rings (SSSR count). The van der Waals surface area contributed by atoms with E-state index < -0.39 is 0 Å². The third kappa shape index (κ3) is 2.54. The summed E-state index contributed by atoms with van der Waals surface area (Å²) in [5.41, 5.74) is 2.64. The van der Waals surface area contributed by atoms with Crippen LogP contribution in [0.15, 0.2) is 30.3 Å². The molecule has 1 aromatic carbocycles. The number of aryl methyl sites for hydroxylation is 2. The van der Waals surface area contributed by atoms with E-state index in [1.807, 2.05) is 6.92 Å². The molecule has 0 radical (unpaired) electrons. The highest BCUT2D eigenvalue weighted by Crippen LogP contribution is 2.17. The molecule has 0 saturated heterocycles. The van der Waals surface area contributed by atoms with Gasteiger partial charge in [-0.2, -0.15) is 10.4 Å². The molecule has 102 valence electrons. The maximum atomic E-state index is 12.5. The fraction of sp³-hybridized carbons (Fsp3) is 0.267. The second-order valence-corrected chi connectivity index (χ2v) is 4.52. The molecule has 1 heterocycles. The lowest BCUT2D eigenvalue weighted by atomic mass is 10.2. The average Bonchev–Trinajstić information content (AvgIpc) is 2.87. The van der Waals surface area contributed by atoms with Crippen molar-refractivity contribution in [3.05, 3.63) is 47.3 Å². The van der Waals surface area contributed by atoms with Crippen LogP contribution < -0.4 is 4.90 Å². The van der Waals surface area contributed by atoms with Gasteiger partial charge in [0.05, 0.1) is 17.3 Å². The minimum Gasteiger partial charge on any atom is -0.310 e. The average molecular weight is 268 g/mol. The first-order valence-electron chi connectivity index (χ1n) is 6.38. The second kappa shape index (κ2) is 5.57. The van der Waals surface area contributed by atoms with Crippen LogP contribution in [0.4, 0.5) is 5.69 Å². The van der Waals surface area contributed by atoms with Crippen LogP contribution >= 0.6 is 0 Å². The highest BCUT2D eigenvalue weighted by atomic mass is 16.2. The van der Waals surface area contributed by atoms with Crippen molar-refractivity contribution in [2.75, 3.05) is 11.9 Å². The molecular formula is C15H16N4O. The molecule has 0 saturated carbocycles. The zero-order valence-corrected chi connectivity index (χ0v) is 11.8. The van der Waals surface area contributed by atoms with Gasteiger partial charge < -0.3 is 4.90 Å². The first-order valence-corrected chi connectivity index (χ1v) is 6.38. The summed E-state index contributed by atoms with van der Waals surface area (Å²) in [6.45, 7) is 2.00. The van der Waals surface area contributed by atoms with Gasteiger partial charge in [0.2, 0.25) is 0 Å². The van der Waals surface area contributed by atoms with Gasteiger partial charge in [-0.15, -0.1) is 0 Å². The van der Waals surface area contributed by atoms with E-state index in [-0.39, 0.29) is 5.91 Å². The van der Waals surface area contributed by atoms with Gasteiger partial charge in [-0.3, -0.25) is 9.48 Å². The standard InChI is InChI=1S/C15H16N4O/c1-4-12-9-14(19(3)17-12)15(20)18(2)13-7-5-6-11(8-13)10-16/h5-9H,4H2,1-3H3. The van der Waals surface area contributed by atoms with Crippen molar-refractivity contribution in [1.82, 2.24) is 9.78 Å². The summed E-state index contributed by atoms with van der Waals surface area (Å²) in [6, 6.07) is 10.8. The maximum absolute atomic E-state index is 12.5. The van der Waals surface area contributed by atoms with E-state index >= 15 is 0 Å². The second-order valence-electron chi connectivity index (χ2n) is 4.52. The maximum Gasteiger partial charge on any atom is 0.276 e. The predicted molar refractivity (Wildman–Crippen MR) is 76.5 cm³/mol. The highest BCUT2D eigenvalue weighted by Gasteiger charge is 2.18. The van der Waals surface area contributed by atoms with Crippen molar-refractivity contribution in [1.29, 1.82) is 5.26 Å². The van der Waals surface area contributed by atoms with Crippen LogP contribution in [0, 0.1) is 11.3 Å². The Hall–Kier alpha value is -2.61. The van der Waals surface area contributed by atoms with Crippen LogP contribution in [0.3, 0.4) is 0 Å². The summed E-state index contributed by atoms with van der Waals surface area (Å²) < 4.78 is 1.59. The van der Waals surface area contributed by atoms with E-state index in [0.717, 1.165) is 12.1 Å². The van der Waals surface area contributed by atoms with Gasteiger partial charge in [-0.25, -0.2) is 0 Å². The third-order valence-electron chi connectivity index (χ3n) is 3.18. The van der Waals surface area contributed by atoms with Crippen LogP contribution in [0.5, 0.6) is 0 Å². The van der Waals surface area contributed by atoms with Gasteiger partial charge >= 0.3 is 0 Å². The molecule has 0 aliphatic rings. The number of anilines is 1. The number of carbonyl (C=O) groups is 1. The van der Waals surface area contributed by atoms with Crippen molar-refractivity contribution >= 4 is 11.6 Å². The van der Waals surface area contributed by atoms with Gasteiger partial charge in [0.25, 0.3) is 5.91 Å². The number of benzene rings is 1. The Bertz CT molecular complexity index is 681. The lowest BCUT2D eigenvalue weighted by Crippen LogP contribution is -2.28. The van der Waals surface area contributed by atoms with E-state index in [4.69, 9.17) is 5.26 Å². The zero-order valence-electron chi connectivity index (χ0n) is 11.8. The van der Waals surface area contributed by atoms with Crippen LogP contribution in [-0.4, -0.2) is 22.7 Å². The summed E-state index contributed by atoms with van der Waals surface area (Å²) in [5.74, 6) is -0.144. The van der Waals surface area contributed by atoms with Gasteiger partial charge in [0.1, 0.15) is 5.69 Å². The van der Waals surface area contributed by atoms with Gasteiger partial charge in [0.15, 0.2) is 0 Å². The monoisotopic (exact) mass is 268 g/mol. The van der Waals surface area contributed by atoms with Crippen molar-refractivity contribution < 1.29 is 4.79 Å². The number of nitrogens with zero attached hydrogens (tertiary/aromatic N) is 4. The number of hydrogen-bond donors (Lipinski definition) is 0. The first-order chi connectivity index (χ1) is 9.56. The van der Waals surface area contributed by atoms with E-state index in [9.17, 15) is 4.79 Å². The summed E-state index contributed by atoms with van der Waals surface area (Å²) in [4.78, 5) is 14.0. The smallest absolute Gasteiger partial charge is 0.276 e. The van der Waals surface area contributed by atoms with Crippen molar-refractivity contribution in [2.24, 2.45) is 7.05 Å². The van der Waals surface area contributed by atoms with Gasteiger partial charge in [0, 0.05) is 19.8 Å². The molecule has 0 aliphatic heterocycles. The largest absolute Gasteiger partial charge is 0.310 e. The summed E-state index contributed by atoms with van der Waals surface area (Å²) >= 11 is 0. The number of rotatable bonds is 3. The van der Waals surface area contributed by atoms with Crippen LogP contribution in [0.25, 0.3) is 0 Å². The Labute approximate surface area is 118 Å². The molecule has 0 fully saturated rings. The van der Waals surface area contributed by atoms with Crippen LogP contribution in [-0.2, 0) is 13.5 Å². The molecule has 0 atom stereocenters. The van der Waals surface area contributed by atoms with Gasteiger partial charge in [-0.05, 0) is 30.7 Å². The molecule has 1 amide bonds. The molecule has 0 N–H and O–H groups in total. The van der Waals surface area contributed by atoms with Gasteiger partial charge in [-0.1, -0.05) is 13.0 Å². The van der Waals surface area contributed by atoms with Crippen LogP contribution in [0.1, 0.15) is 28.7 Å². The van der Waals surface area contributed by atoms with E-state index in [1.54, 1.807) is 49.1 Å². The molecular weight excluding hydrogens is 252 g/mol. The lowest BCUT2D eigenvalue weighted by Gasteiger charge is -2.17. The van der Waals surface area contributed by atoms with Crippen molar-refractivity contribution in [3.8, 4) is 6.07 Å². The predicted octanol–water partition coefficient (Wildman–Crippen LogP) is 2.13. The summed E-state index contributed by atoms with van der Waals surface area (Å²) in [7, 11) is 3.45. The fourth-order valence-electron chi connectivity index (χ4n) is 1.97. The molecule has 2 aromatic rings. The third-order valence-corrected chi connectivity index (χ3v) is 3.18. The quantitative estimate of drug-likeness (QED) is 0.856. The SMILES string of the molecule is CCc1cc(C(=O)N(C)c2cccc(C#N)c2)n(C)n1. The Morgan fingerprint density at radius 1 is 1.45 bits per heavy atom. The van der Waals surface area contributed by atoms with Crippen molar-refractivity contribution in [2.45, 2.75) is 13.3 Å². The highest BCUT2D eigenvalue weighted by molar-refractivity contribution is 6.04. The van der Waals surface area contributed by atoms with E-state index in [1.165, 1.54) is 4.90 Å². The Morgan fingerprint density at radius 2 is 2.20 bits per heavy atom. The molecule has 1 aromatic heterocycles. The topological polar surface area (TPSA) is 61.9 Å². The molecule has 0 aliphatic carbocycles. The summed E-state index contributed by atoms with van der Waals surface area (Å²) in [6.07, 6.45) is 0.786. The number of nitriles is 1. The molecule has 0 bridgehead atoms. The Morgan fingerprint density at radius 3 is 2.80 bits per heavy atom. The first kappa shape index (κ1) is 13.8. The van der Waals surface area contributed by atoms with E-state index in [0.29, 0.717) is 16.9 Å². The van der Waals surface area contributed by atoms with E-state index in [2.05, 4.69) is 11.2 Å². The fourth-order valence-corrected chi connectivity index (χ4v) is 1.97. The minimum atomic E-state index is -0.144. The Kier molecular flexibility index (Phi) is 3.85. The lowest BCUT2D eigenvalue weighted by molar-refractivity contribution is 0.0984. The Balaban J connectivity index is 2.32. The molecule has 20 heavy (non-hydrogen) atoms. The minimum absolute atomic E-state index is 0.144. The van der Waals surface area contributed by atoms with Crippen LogP contribution in [0.2, 0.25) is 0 Å².